The normalized spacial score (nSPS) is 11.1. The third-order valence-corrected chi connectivity index (χ3v) is 4.84. The van der Waals surface area contributed by atoms with E-state index in [0.29, 0.717) is 16.3 Å². The lowest BCUT2D eigenvalue weighted by Crippen LogP contribution is -1.99. The second-order valence-corrected chi connectivity index (χ2v) is 7.02. The molecule has 0 radical (unpaired) electrons. The molecule has 0 saturated carbocycles. The fourth-order valence-electron chi connectivity index (χ4n) is 2.30. The summed E-state index contributed by atoms with van der Waals surface area (Å²) in [6.45, 7) is 2.12. The van der Waals surface area contributed by atoms with Crippen LogP contribution in [0.5, 0.6) is 5.75 Å². The number of aliphatic imine (C=N–C) groups is 1. The minimum Gasteiger partial charge on any atom is -0.488 e. The number of ether oxygens (including phenoxy) is 1. The van der Waals surface area contributed by atoms with E-state index in [4.69, 9.17) is 16.3 Å². The third kappa shape index (κ3) is 4.71. The van der Waals surface area contributed by atoms with Crippen LogP contribution in [0.3, 0.4) is 0 Å². The van der Waals surface area contributed by atoms with Crippen molar-refractivity contribution < 1.29 is 9.13 Å². The second kappa shape index (κ2) is 8.47. The Balaban J connectivity index is 1.70. The quantitative estimate of drug-likeness (QED) is 0.403. The monoisotopic (exact) mass is 431 g/mol. The first-order valence-corrected chi connectivity index (χ1v) is 9.16. The molecule has 132 valence electrons. The van der Waals surface area contributed by atoms with Gasteiger partial charge in [-0.05, 0) is 70.4 Å². The molecule has 0 unspecified atom stereocenters. The second-order valence-electron chi connectivity index (χ2n) is 5.76. The number of nitrogens with zero attached hydrogens (tertiary/aromatic N) is 1. The molecule has 3 aromatic carbocycles. The van der Waals surface area contributed by atoms with E-state index in [9.17, 15) is 4.39 Å². The van der Waals surface area contributed by atoms with E-state index >= 15 is 0 Å². The van der Waals surface area contributed by atoms with Crippen molar-refractivity contribution in [3.05, 3.63) is 92.7 Å². The summed E-state index contributed by atoms with van der Waals surface area (Å²) < 4.78 is 20.1. The zero-order valence-electron chi connectivity index (χ0n) is 14.0. The van der Waals surface area contributed by atoms with Gasteiger partial charge < -0.3 is 4.74 Å². The molecule has 0 bridgehead atoms. The molecular weight excluding hydrogens is 417 g/mol. The maximum Gasteiger partial charge on any atom is 0.134 e. The third-order valence-electron chi connectivity index (χ3n) is 3.82. The highest BCUT2D eigenvalue weighted by molar-refractivity contribution is 9.10. The van der Waals surface area contributed by atoms with Crippen LogP contribution in [0, 0.1) is 12.7 Å². The van der Waals surface area contributed by atoms with Gasteiger partial charge in [-0.1, -0.05) is 35.9 Å². The van der Waals surface area contributed by atoms with Crippen LogP contribution in [0.25, 0.3) is 0 Å². The zero-order chi connectivity index (χ0) is 18.5. The topological polar surface area (TPSA) is 21.6 Å². The summed E-state index contributed by atoms with van der Waals surface area (Å²) in [4.78, 5) is 4.43. The Morgan fingerprint density at radius 3 is 2.65 bits per heavy atom. The van der Waals surface area contributed by atoms with Gasteiger partial charge in [-0.2, -0.15) is 0 Å². The van der Waals surface area contributed by atoms with Crippen LogP contribution in [0.1, 0.15) is 16.7 Å². The fraction of sp³-hybridized carbons (Fsp3) is 0.0952. The summed E-state index contributed by atoms with van der Waals surface area (Å²) in [5, 5.41) is 0.692. The molecule has 3 rings (SSSR count). The number of hydrogen-bond donors (Lipinski definition) is 0. The van der Waals surface area contributed by atoms with E-state index in [1.807, 2.05) is 43.3 Å². The van der Waals surface area contributed by atoms with E-state index < -0.39 is 0 Å². The summed E-state index contributed by atoms with van der Waals surface area (Å²) in [5.41, 5.74) is 3.23. The van der Waals surface area contributed by atoms with Crippen molar-refractivity contribution in [1.29, 1.82) is 0 Å². The molecule has 3 aromatic rings. The molecule has 0 aliphatic rings. The smallest absolute Gasteiger partial charge is 0.134 e. The van der Waals surface area contributed by atoms with Crippen LogP contribution >= 0.6 is 27.5 Å². The van der Waals surface area contributed by atoms with Gasteiger partial charge in [0.2, 0.25) is 0 Å². The Hall–Kier alpha value is -2.17. The minimum atomic E-state index is -0.274. The van der Waals surface area contributed by atoms with Crippen molar-refractivity contribution in [2.75, 3.05) is 0 Å². The van der Waals surface area contributed by atoms with Crippen molar-refractivity contribution in [3.8, 4) is 5.75 Å². The lowest BCUT2D eigenvalue weighted by atomic mass is 10.2. The van der Waals surface area contributed by atoms with Crippen LogP contribution in [0.15, 0.2) is 70.1 Å². The largest absolute Gasteiger partial charge is 0.488 e. The fourth-order valence-corrected chi connectivity index (χ4v) is 2.98. The van der Waals surface area contributed by atoms with Crippen molar-refractivity contribution in [2.24, 2.45) is 4.99 Å². The average molecular weight is 433 g/mol. The summed E-state index contributed by atoms with van der Waals surface area (Å²) in [6, 6.07) is 17.9. The molecule has 0 atom stereocenters. The number of benzene rings is 3. The van der Waals surface area contributed by atoms with Crippen LogP contribution < -0.4 is 4.74 Å². The van der Waals surface area contributed by atoms with Crippen molar-refractivity contribution in [1.82, 2.24) is 0 Å². The maximum atomic E-state index is 13.7. The molecule has 0 N–H and O–H groups in total. The molecule has 26 heavy (non-hydrogen) atoms. The van der Waals surface area contributed by atoms with Gasteiger partial charge in [-0.3, -0.25) is 4.99 Å². The average Bonchev–Trinajstić information content (AvgIpc) is 2.63. The predicted molar refractivity (Wildman–Crippen MR) is 108 cm³/mol. The Morgan fingerprint density at radius 1 is 1.12 bits per heavy atom. The zero-order valence-corrected chi connectivity index (χ0v) is 16.4. The first-order valence-electron chi connectivity index (χ1n) is 7.99. The molecule has 0 aliphatic heterocycles. The summed E-state index contributed by atoms with van der Waals surface area (Å²) in [5.74, 6) is 0.368. The Kier molecular flexibility index (Phi) is 6.07. The highest BCUT2D eigenvalue weighted by Crippen LogP contribution is 2.27. The van der Waals surface area contributed by atoms with Crippen LogP contribution in [-0.4, -0.2) is 6.21 Å². The van der Waals surface area contributed by atoms with E-state index in [-0.39, 0.29) is 12.4 Å². The molecule has 2 nitrogen and oxygen atoms in total. The van der Waals surface area contributed by atoms with E-state index in [2.05, 4.69) is 20.9 Å². The first-order chi connectivity index (χ1) is 12.5. The molecule has 0 fully saturated rings. The first kappa shape index (κ1) is 18.6. The number of rotatable bonds is 5. The Bertz CT molecular complexity index is 958. The van der Waals surface area contributed by atoms with Crippen molar-refractivity contribution in [3.63, 3.8) is 0 Å². The van der Waals surface area contributed by atoms with E-state index in [1.165, 1.54) is 6.07 Å². The van der Waals surface area contributed by atoms with Crippen LogP contribution in [0.4, 0.5) is 10.1 Å². The Labute approximate surface area is 165 Å². The SMILES string of the molecule is Cc1ccc(N=Cc2ccc(OCc3ccccc3F)c(Br)c2)cc1Cl. The van der Waals surface area contributed by atoms with Gasteiger partial charge in [-0.15, -0.1) is 0 Å². The van der Waals surface area contributed by atoms with Crippen LogP contribution in [0.2, 0.25) is 5.02 Å². The predicted octanol–water partition coefficient (Wildman–Crippen LogP) is 6.88. The van der Waals surface area contributed by atoms with Crippen LogP contribution in [-0.2, 0) is 6.61 Å². The number of hydrogen-bond acceptors (Lipinski definition) is 2. The molecule has 0 spiro atoms. The highest BCUT2D eigenvalue weighted by atomic mass is 79.9. The van der Waals surface area contributed by atoms with Gasteiger partial charge in [0.05, 0.1) is 10.2 Å². The van der Waals surface area contributed by atoms with Gasteiger partial charge in [0.1, 0.15) is 18.2 Å². The van der Waals surface area contributed by atoms with Gasteiger partial charge in [0, 0.05) is 16.8 Å². The summed E-state index contributed by atoms with van der Waals surface area (Å²) >= 11 is 9.60. The molecule has 5 heteroatoms. The maximum absolute atomic E-state index is 13.7. The number of aryl methyl sites for hydroxylation is 1. The molecule has 0 aliphatic carbocycles. The van der Waals surface area contributed by atoms with E-state index in [1.54, 1.807) is 24.4 Å². The van der Waals surface area contributed by atoms with Crippen molar-refractivity contribution in [2.45, 2.75) is 13.5 Å². The van der Waals surface area contributed by atoms with Gasteiger partial charge in [0.15, 0.2) is 0 Å². The Morgan fingerprint density at radius 2 is 1.92 bits per heavy atom. The molecule has 0 amide bonds. The molecule has 0 aromatic heterocycles. The highest BCUT2D eigenvalue weighted by Gasteiger charge is 2.05. The molecular formula is C21H16BrClFNO. The standard InChI is InChI=1S/C21H16BrClFNO/c1-14-6-8-17(11-19(14)23)25-12-15-7-9-21(18(22)10-15)26-13-16-4-2-3-5-20(16)24/h2-12H,13H2,1H3. The van der Waals surface area contributed by atoms with Gasteiger partial charge in [-0.25, -0.2) is 4.39 Å². The summed E-state index contributed by atoms with van der Waals surface area (Å²) in [7, 11) is 0. The number of halogens is 3. The summed E-state index contributed by atoms with van der Waals surface area (Å²) in [6.07, 6.45) is 1.76. The lowest BCUT2D eigenvalue weighted by molar-refractivity contribution is 0.298. The lowest BCUT2D eigenvalue weighted by Gasteiger charge is -2.09. The van der Waals surface area contributed by atoms with Gasteiger partial charge >= 0.3 is 0 Å². The minimum absolute atomic E-state index is 0.167. The van der Waals surface area contributed by atoms with E-state index in [0.717, 1.165) is 21.3 Å². The molecule has 0 saturated heterocycles. The van der Waals surface area contributed by atoms with Gasteiger partial charge in [0.25, 0.3) is 0 Å². The van der Waals surface area contributed by atoms with Crippen molar-refractivity contribution >= 4 is 39.4 Å². The molecule has 0 heterocycles.